The minimum atomic E-state index is -1.22. The van der Waals surface area contributed by atoms with Crippen LogP contribution in [-0.4, -0.2) is 50.1 Å². The summed E-state index contributed by atoms with van der Waals surface area (Å²) in [7, 11) is 0. The summed E-state index contributed by atoms with van der Waals surface area (Å²) in [5.41, 5.74) is 18.0. The van der Waals surface area contributed by atoms with Gasteiger partial charge in [-0.1, -0.05) is 0 Å². The zero-order chi connectivity index (χ0) is 17.1. The SMILES string of the molecule is Cl.NCC(=O)[O-].NCC(=O)[O-].NCC(=O)[O-].NCC(=O)[O-].[Zr+4]. The van der Waals surface area contributed by atoms with Crippen LogP contribution < -0.4 is 43.4 Å². The van der Waals surface area contributed by atoms with Gasteiger partial charge in [-0.05, 0) is 0 Å². The smallest absolute Gasteiger partial charge is 0.549 e. The molecule has 0 atom stereocenters. The summed E-state index contributed by atoms with van der Waals surface area (Å²) >= 11 is 0. The van der Waals surface area contributed by atoms with Crippen molar-refractivity contribution in [2.75, 3.05) is 26.2 Å². The van der Waals surface area contributed by atoms with Gasteiger partial charge >= 0.3 is 26.2 Å². The molecule has 14 heteroatoms. The molecule has 0 unspecified atom stereocenters. The van der Waals surface area contributed by atoms with Crippen LogP contribution in [0.3, 0.4) is 0 Å². The van der Waals surface area contributed by atoms with Crippen molar-refractivity contribution in [3.8, 4) is 0 Å². The monoisotopic (exact) mass is 422 g/mol. The Morgan fingerprint density at radius 1 is 0.545 bits per heavy atom. The Morgan fingerprint density at radius 2 is 0.591 bits per heavy atom. The number of aliphatic carboxylic acids is 4. The van der Waals surface area contributed by atoms with Crippen LogP contribution in [0, 0.1) is 0 Å². The summed E-state index contributed by atoms with van der Waals surface area (Å²) in [6.45, 7) is -1.56. The third-order valence-electron chi connectivity index (χ3n) is 0.667. The van der Waals surface area contributed by atoms with Gasteiger partial charge in [-0.2, -0.15) is 0 Å². The Kier molecular flexibility index (Phi) is 54.2. The van der Waals surface area contributed by atoms with Gasteiger partial charge in [0.25, 0.3) is 0 Å². The summed E-state index contributed by atoms with van der Waals surface area (Å²) in [6.07, 6.45) is 0. The number of rotatable bonds is 4. The molecule has 0 aliphatic rings. The molecule has 128 valence electrons. The first-order valence-electron chi connectivity index (χ1n) is 4.68. The predicted octanol–water partition coefficient (Wildman–Crippen LogP) is -8.80. The molecular formula is C8H17ClN4O8Zr. The van der Waals surface area contributed by atoms with E-state index in [1.54, 1.807) is 0 Å². The van der Waals surface area contributed by atoms with E-state index in [9.17, 15) is 0 Å². The van der Waals surface area contributed by atoms with E-state index in [4.69, 9.17) is 39.6 Å². The van der Waals surface area contributed by atoms with Crippen molar-refractivity contribution in [1.82, 2.24) is 0 Å². The molecule has 0 radical (unpaired) electrons. The molecule has 0 aromatic rings. The zero-order valence-corrected chi connectivity index (χ0v) is 14.6. The van der Waals surface area contributed by atoms with E-state index in [-0.39, 0.29) is 64.8 Å². The van der Waals surface area contributed by atoms with Crippen molar-refractivity contribution in [2.24, 2.45) is 22.9 Å². The fourth-order valence-corrected chi connectivity index (χ4v) is 0. The van der Waals surface area contributed by atoms with Gasteiger partial charge in [-0.25, -0.2) is 0 Å². The van der Waals surface area contributed by atoms with E-state index in [1.807, 2.05) is 0 Å². The maximum absolute atomic E-state index is 9.13. The van der Waals surface area contributed by atoms with E-state index < -0.39 is 23.9 Å². The fourth-order valence-electron chi connectivity index (χ4n) is 0. The summed E-state index contributed by atoms with van der Waals surface area (Å²) in [5, 5.41) is 36.5. The van der Waals surface area contributed by atoms with E-state index in [1.165, 1.54) is 0 Å². The summed E-state index contributed by atoms with van der Waals surface area (Å²) in [5.74, 6) is -4.87. The Balaban J connectivity index is -0.0000000376. The maximum Gasteiger partial charge on any atom is 4.00 e. The van der Waals surface area contributed by atoms with E-state index in [0.717, 1.165) is 0 Å². The number of hydrogen-bond donors (Lipinski definition) is 4. The molecule has 8 N–H and O–H groups in total. The molecule has 12 nitrogen and oxygen atoms in total. The van der Waals surface area contributed by atoms with Crippen LogP contribution in [0.5, 0.6) is 0 Å². The largest absolute Gasteiger partial charge is 4.00 e. The zero-order valence-electron chi connectivity index (χ0n) is 11.3. The molecule has 22 heavy (non-hydrogen) atoms. The van der Waals surface area contributed by atoms with Gasteiger partial charge in [-0.3, -0.25) is 0 Å². The first-order valence-corrected chi connectivity index (χ1v) is 4.68. The molecular weight excluding hydrogens is 407 g/mol. The van der Waals surface area contributed by atoms with Crippen LogP contribution in [0.2, 0.25) is 0 Å². The number of carbonyl (C=O) groups is 4. The van der Waals surface area contributed by atoms with Gasteiger partial charge in [0.15, 0.2) is 0 Å². The minimum absolute atomic E-state index is 0. The molecule has 0 heterocycles. The second kappa shape index (κ2) is 32.0. The van der Waals surface area contributed by atoms with Crippen molar-refractivity contribution in [3.63, 3.8) is 0 Å². The standard InChI is InChI=1S/4C2H5NO2.ClH.Zr/c4*3-1-2(4)5;;/h4*1,3H2,(H,4,5);1H;/q;;;;;+4/p-4. The topological polar surface area (TPSA) is 265 Å². The number of carboxylic acid groups (broad SMARTS) is 4. The summed E-state index contributed by atoms with van der Waals surface area (Å²) in [4.78, 5) is 36.5. The molecule has 0 bridgehead atoms. The molecule has 0 aliphatic heterocycles. The van der Waals surface area contributed by atoms with E-state index in [2.05, 4.69) is 22.9 Å². The van der Waals surface area contributed by atoms with Gasteiger partial charge in [-0.15, -0.1) is 12.4 Å². The number of halogens is 1. The molecule has 0 amide bonds. The van der Waals surface area contributed by atoms with Crippen LogP contribution in [0.15, 0.2) is 0 Å². The summed E-state index contributed by atoms with van der Waals surface area (Å²) < 4.78 is 0. The van der Waals surface area contributed by atoms with Crippen LogP contribution >= 0.6 is 12.4 Å². The second-order valence-electron chi connectivity index (χ2n) is 2.30. The average molecular weight is 424 g/mol. The predicted molar refractivity (Wildman–Crippen MR) is 63.5 cm³/mol. The molecule has 0 saturated heterocycles. The Labute approximate surface area is 151 Å². The first-order chi connectivity index (χ1) is 9.08. The maximum atomic E-state index is 9.13. The molecule has 0 aliphatic carbocycles. The van der Waals surface area contributed by atoms with Gasteiger partial charge in [0.05, 0.1) is 23.9 Å². The van der Waals surface area contributed by atoms with Gasteiger partial charge < -0.3 is 62.5 Å². The van der Waals surface area contributed by atoms with E-state index >= 15 is 0 Å². The van der Waals surface area contributed by atoms with Gasteiger partial charge in [0.2, 0.25) is 0 Å². The normalized spacial score (nSPS) is 6.73. The molecule has 0 saturated carbocycles. The van der Waals surface area contributed by atoms with Crippen LogP contribution in [0.4, 0.5) is 0 Å². The molecule has 0 rings (SSSR count). The molecule has 0 spiro atoms. The van der Waals surface area contributed by atoms with Crippen molar-refractivity contribution >= 4 is 36.3 Å². The van der Waals surface area contributed by atoms with Crippen molar-refractivity contribution in [1.29, 1.82) is 0 Å². The minimum Gasteiger partial charge on any atom is -0.549 e. The number of carbonyl (C=O) groups excluding carboxylic acids is 4. The first kappa shape index (κ1) is 37.3. The van der Waals surface area contributed by atoms with Crippen molar-refractivity contribution < 1.29 is 65.8 Å². The fraction of sp³-hybridized carbons (Fsp3) is 0.500. The van der Waals surface area contributed by atoms with Crippen molar-refractivity contribution in [3.05, 3.63) is 0 Å². The number of hydrogen-bond acceptors (Lipinski definition) is 12. The second-order valence-corrected chi connectivity index (χ2v) is 2.30. The third kappa shape index (κ3) is 127. The quantitative estimate of drug-likeness (QED) is 0.328. The number of nitrogens with two attached hydrogens (primary N) is 4. The van der Waals surface area contributed by atoms with Crippen molar-refractivity contribution in [2.45, 2.75) is 0 Å². The average Bonchev–Trinajstić information content (AvgIpc) is 2.40. The van der Waals surface area contributed by atoms with Crippen LogP contribution in [-0.2, 0) is 45.4 Å². The Bertz CT molecular complexity index is 239. The molecule has 0 fully saturated rings. The molecule has 0 aromatic carbocycles. The Hall–Kier alpha value is -1.11. The summed E-state index contributed by atoms with van der Waals surface area (Å²) in [6, 6.07) is 0. The van der Waals surface area contributed by atoms with Crippen LogP contribution in [0.1, 0.15) is 0 Å². The Morgan fingerprint density at radius 3 is 0.591 bits per heavy atom. The van der Waals surface area contributed by atoms with Gasteiger partial charge in [0.1, 0.15) is 0 Å². The molecule has 0 aromatic heterocycles. The third-order valence-corrected chi connectivity index (χ3v) is 0.667. The van der Waals surface area contributed by atoms with Crippen LogP contribution in [0.25, 0.3) is 0 Å². The van der Waals surface area contributed by atoms with Gasteiger partial charge in [0, 0.05) is 26.2 Å². The number of carboxylic acids is 4. The van der Waals surface area contributed by atoms with E-state index in [0.29, 0.717) is 0 Å².